The third kappa shape index (κ3) is 3.14. The fourth-order valence-electron chi connectivity index (χ4n) is 2.64. The number of hydrogen-bond acceptors (Lipinski definition) is 5. The highest BCUT2D eigenvalue weighted by Crippen LogP contribution is 2.28. The molecule has 0 radical (unpaired) electrons. The molecule has 0 bridgehead atoms. The quantitative estimate of drug-likeness (QED) is 0.558. The van der Waals surface area contributed by atoms with Gasteiger partial charge in [-0.25, -0.2) is 8.78 Å². The molecule has 2 aromatic heterocycles. The van der Waals surface area contributed by atoms with Crippen molar-refractivity contribution >= 4 is 0 Å². The number of pyridine rings is 1. The van der Waals surface area contributed by atoms with E-state index in [9.17, 15) is 14.0 Å². The lowest BCUT2D eigenvalue weighted by molar-refractivity contribution is 0.620. The van der Waals surface area contributed by atoms with E-state index in [0.717, 1.165) is 4.80 Å². The average molecular weight is 360 g/mol. The zero-order valence-electron chi connectivity index (χ0n) is 13.7. The van der Waals surface area contributed by atoms with Gasteiger partial charge in [0.2, 0.25) is 5.82 Å². The Balaban J connectivity index is 1.80. The van der Waals surface area contributed by atoms with Crippen LogP contribution in [0.4, 0.5) is 8.78 Å². The molecule has 0 N–H and O–H groups in total. The maximum atomic E-state index is 14.2. The molecule has 0 saturated heterocycles. The van der Waals surface area contributed by atoms with Crippen LogP contribution in [0.3, 0.4) is 0 Å². The summed E-state index contributed by atoms with van der Waals surface area (Å²) >= 11 is 0. The number of halogens is 2. The number of aromatic nitrogens is 5. The number of tetrazole rings is 1. The molecular formula is C19H10F2N6. The molecule has 6 nitrogen and oxygen atoms in total. The Labute approximate surface area is 152 Å². The number of nitriles is 1. The number of rotatable bonds is 3. The first-order valence-corrected chi connectivity index (χ1v) is 7.87. The van der Waals surface area contributed by atoms with Crippen LogP contribution in [0.2, 0.25) is 0 Å². The zero-order chi connectivity index (χ0) is 18.8. The molecule has 0 atom stereocenters. The van der Waals surface area contributed by atoms with E-state index < -0.39 is 11.6 Å². The normalized spacial score (nSPS) is 10.6. The molecule has 4 rings (SSSR count). The van der Waals surface area contributed by atoms with Crippen molar-refractivity contribution in [2.45, 2.75) is 0 Å². The van der Waals surface area contributed by atoms with Crippen molar-refractivity contribution in [2.75, 3.05) is 0 Å². The van der Waals surface area contributed by atoms with Gasteiger partial charge in [-0.05, 0) is 41.1 Å². The Morgan fingerprint density at radius 1 is 1.00 bits per heavy atom. The van der Waals surface area contributed by atoms with Crippen molar-refractivity contribution in [1.82, 2.24) is 25.2 Å². The SMILES string of the molecule is N#Cc1c(F)cccc1-c1cc(F)cc(-n2nnc(-c3ccccn3)n2)c1. The van der Waals surface area contributed by atoms with Crippen LogP contribution in [0.1, 0.15) is 5.56 Å². The first kappa shape index (κ1) is 16.5. The van der Waals surface area contributed by atoms with E-state index >= 15 is 0 Å². The molecule has 0 aliphatic rings. The molecule has 0 unspecified atom stereocenters. The zero-order valence-corrected chi connectivity index (χ0v) is 13.7. The predicted octanol–water partition coefficient (Wildman–Crippen LogP) is 3.54. The Morgan fingerprint density at radius 3 is 2.67 bits per heavy atom. The van der Waals surface area contributed by atoms with Gasteiger partial charge in [0.1, 0.15) is 23.4 Å². The van der Waals surface area contributed by atoms with Crippen LogP contribution in [-0.2, 0) is 0 Å². The lowest BCUT2D eigenvalue weighted by Gasteiger charge is -2.07. The van der Waals surface area contributed by atoms with E-state index in [4.69, 9.17) is 0 Å². The van der Waals surface area contributed by atoms with E-state index in [-0.39, 0.29) is 22.6 Å². The Hall–Kier alpha value is -3.99. The summed E-state index contributed by atoms with van der Waals surface area (Å²) in [5.74, 6) is -0.964. The topological polar surface area (TPSA) is 80.3 Å². The van der Waals surface area contributed by atoms with Crippen molar-refractivity contribution in [3.8, 4) is 34.4 Å². The fraction of sp³-hybridized carbons (Fsp3) is 0. The van der Waals surface area contributed by atoms with E-state index in [1.54, 1.807) is 36.5 Å². The predicted molar refractivity (Wildman–Crippen MR) is 92.5 cm³/mol. The monoisotopic (exact) mass is 360 g/mol. The van der Waals surface area contributed by atoms with Gasteiger partial charge < -0.3 is 0 Å². The smallest absolute Gasteiger partial charge is 0.223 e. The van der Waals surface area contributed by atoms with Gasteiger partial charge in [-0.1, -0.05) is 18.2 Å². The summed E-state index contributed by atoms with van der Waals surface area (Å²) in [6, 6.07) is 15.3. The molecular weight excluding hydrogens is 350 g/mol. The van der Waals surface area contributed by atoms with Crippen molar-refractivity contribution in [3.05, 3.63) is 78.0 Å². The molecule has 0 saturated carbocycles. The van der Waals surface area contributed by atoms with Gasteiger partial charge in [-0.3, -0.25) is 4.98 Å². The molecule has 2 aromatic carbocycles. The van der Waals surface area contributed by atoms with Crippen LogP contribution < -0.4 is 0 Å². The van der Waals surface area contributed by atoms with Crippen LogP contribution in [0.5, 0.6) is 0 Å². The minimum atomic E-state index is -0.669. The maximum absolute atomic E-state index is 14.2. The lowest BCUT2D eigenvalue weighted by atomic mass is 9.99. The summed E-state index contributed by atoms with van der Waals surface area (Å²) in [6.07, 6.45) is 1.60. The number of benzene rings is 2. The first-order chi connectivity index (χ1) is 13.2. The molecule has 130 valence electrons. The van der Waals surface area contributed by atoms with Crippen molar-refractivity contribution in [1.29, 1.82) is 5.26 Å². The highest BCUT2D eigenvalue weighted by Gasteiger charge is 2.14. The van der Waals surface area contributed by atoms with Crippen molar-refractivity contribution in [2.24, 2.45) is 0 Å². The Kier molecular flexibility index (Phi) is 4.10. The Morgan fingerprint density at radius 2 is 1.89 bits per heavy atom. The van der Waals surface area contributed by atoms with Crippen LogP contribution in [-0.4, -0.2) is 25.2 Å². The second-order valence-electron chi connectivity index (χ2n) is 5.59. The van der Waals surface area contributed by atoms with Crippen LogP contribution in [0.25, 0.3) is 28.3 Å². The summed E-state index contributed by atoms with van der Waals surface area (Å²) in [7, 11) is 0. The van der Waals surface area contributed by atoms with Crippen molar-refractivity contribution < 1.29 is 8.78 Å². The highest BCUT2D eigenvalue weighted by atomic mass is 19.1. The summed E-state index contributed by atoms with van der Waals surface area (Å²) in [5.41, 5.74) is 1.26. The largest absolute Gasteiger partial charge is 0.253 e. The van der Waals surface area contributed by atoms with Crippen molar-refractivity contribution in [3.63, 3.8) is 0 Å². The van der Waals surface area contributed by atoms with E-state index in [1.807, 2.05) is 6.07 Å². The van der Waals surface area contributed by atoms with E-state index in [1.165, 1.54) is 24.3 Å². The van der Waals surface area contributed by atoms with E-state index in [2.05, 4.69) is 20.4 Å². The molecule has 27 heavy (non-hydrogen) atoms. The molecule has 0 aliphatic heterocycles. The molecule has 2 heterocycles. The summed E-state index contributed by atoms with van der Waals surface area (Å²) in [4.78, 5) is 5.30. The van der Waals surface area contributed by atoms with Gasteiger partial charge in [0.25, 0.3) is 0 Å². The van der Waals surface area contributed by atoms with Crippen LogP contribution in [0, 0.1) is 23.0 Å². The molecule has 8 heteroatoms. The highest BCUT2D eigenvalue weighted by molar-refractivity contribution is 5.72. The first-order valence-electron chi connectivity index (χ1n) is 7.87. The summed E-state index contributed by atoms with van der Waals surface area (Å²) in [6.45, 7) is 0. The average Bonchev–Trinajstić information content (AvgIpc) is 3.18. The van der Waals surface area contributed by atoms with Gasteiger partial charge >= 0.3 is 0 Å². The molecule has 0 spiro atoms. The lowest BCUT2D eigenvalue weighted by Crippen LogP contribution is -2.01. The Bertz CT molecular complexity index is 1160. The number of hydrogen-bond donors (Lipinski definition) is 0. The fourth-order valence-corrected chi connectivity index (χ4v) is 2.64. The molecule has 0 fully saturated rings. The minimum absolute atomic E-state index is 0.158. The van der Waals surface area contributed by atoms with Gasteiger partial charge in [0.15, 0.2) is 0 Å². The summed E-state index contributed by atoms with van der Waals surface area (Å²) in [5, 5.41) is 21.3. The van der Waals surface area contributed by atoms with Gasteiger partial charge in [-0.15, -0.1) is 15.0 Å². The summed E-state index contributed by atoms with van der Waals surface area (Å²) < 4.78 is 28.1. The van der Waals surface area contributed by atoms with Gasteiger partial charge in [-0.2, -0.15) is 5.26 Å². The third-order valence-corrected chi connectivity index (χ3v) is 3.86. The second kappa shape index (κ2) is 6.72. The minimum Gasteiger partial charge on any atom is -0.253 e. The molecule has 4 aromatic rings. The third-order valence-electron chi connectivity index (χ3n) is 3.86. The second-order valence-corrected chi connectivity index (χ2v) is 5.59. The van der Waals surface area contributed by atoms with Crippen LogP contribution >= 0.6 is 0 Å². The van der Waals surface area contributed by atoms with Crippen LogP contribution in [0.15, 0.2) is 60.8 Å². The standard InChI is InChI=1S/C19H10F2N6/c20-13-8-12(15-4-3-5-17(21)16(15)11-22)9-14(10-13)27-25-19(24-26-27)18-6-1-2-7-23-18/h1-10H. The van der Waals surface area contributed by atoms with E-state index in [0.29, 0.717) is 11.3 Å². The number of nitrogens with zero attached hydrogens (tertiary/aromatic N) is 6. The van der Waals surface area contributed by atoms with Gasteiger partial charge in [0.05, 0.1) is 11.3 Å². The van der Waals surface area contributed by atoms with Gasteiger partial charge in [0, 0.05) is 17.8 Å². The maximum Gasteiger partial charge on any atom is 0.223 e. The molecule has 0 amide bonds. The molecule has 0 aliphatic carbocycles.